The number of hydrogen-bond acceptors (Lipinski definition) is 7. The van der Waals surface area contributed by atoms with Crippen LogP contribution in [0.15, 0.2) is 34.4 Å². The Bertz CT molecular complexity index is 798. The van der Waals surface area contributed by atoms with Crippen molar-refractivity contribution in [2.45, 2.75) is 20.0 Å². The Labute approximate surface area is 129 Å². The minimum atomic E-state index is -0.302. The van der Waals surface area contributed by atoms with E-state index >= 15 is 0 Å². The largest absolute Gasteiger partial charge is 0.507 e. The highest BCUT2D eigenvalue weighted by atomic mass is 32.2. The molecule has 1 unspecified atom stereocenters. The number of aliphatic imine (C=N–C) groups is 1. The molecule has 1 aromatic heterocycles. The summed E-state index contributed by atoms with van der Waals surface area (Å²) < 4.78 is 1.82. The fourth-order valence-electron chi connectivity index (χ4n) is 2.41. The first-order valence-corrected chi connectivity index (χ1v) is 8.05. The maximum atomic E-state index is 10.2. The molecule has 1 atom stereocenters. The number of aromatic hydroxyl groups is 1. The zero-order chi connectivity index (χ0) is 14.6. The van der Waals surface area contributed by atoms with E-state index < -0.39 is 0 Å². The Morgan fingerprint density at radius 1 is 1.29 bits per heavy atom. The van der Waals surface area contributed by atoms with Crippen molar-refractivity contribution in [1.82, 2.24) is 10.1 Å². The third-order valence-corrected chi connectivity index (χ3v) is 4.91. The van der Waals surface area contributed by atoms with Crippen molar-refractivity contribution in [3.8, 4) is 5.75 Å². The highest BCUT2D eigenvalue weighted by Gasteiger charge is 2.45. The van der Waals surface area contributed by atoms with Gasteiger partial charge >= 0.3 is 10.3 Å². The summed E-state index contributed by atoms with van der Waals surface area (Å²) >= 11 is 3.07. The minimum Gasteiger partial charge on any atom is -0.507 e. The third-order valence-electron chi connectivity index (χ3n) is 3.24. The lowest BCUT2D eigenvalue weighted by Gasteiger charge is -2.23. The number of hydrazone groups is 1. The van der Waals surface area contributed by atoms with Crippen LogP contribution in [0.5, 0.6) is 5.75 Å². The fourth-order valence-corrected chi connectivity index (χ4v) is 3.99. The van der Waals surface area contributed by atoms with Gasteiger partial charge in [0.05, 0.1) is 5.56 Å². The number of benzene rings is 1. The molecule has 3 heterocycles. The van der Waals surface area contributed by atoms with Gasteiger partial charge in [0.1, 0.15) is 15.8 Å². The molecule has 21 heavy (non-hydrogen) atoms. The molecule has 2 aliphatic heterocycles. The van der Waals surface area contributed by atoms with Crippen LogP contribution in [0.2, 0.25) is 0 Å². The molecular weight excluding hydrogens is 306 g/mol. The zero-order valence-corrected chi connectivity index (χ0v) is 13.0. The quantitative estimate of drug-likeness (QED) is 0.820. The number of nitrogens with zero attached hydrogens (tertiary/aromatic N) is 5. The predicted octanol–water partition coefficient (Wildman–Crippen LogP) is 2.37. The molecule has 0 saturated carbocycles. The van der Waals surface area contributed by atoms with Gasteiger partial charge < -0.3 is 5.11 Å². The molecule has 2 aromatic rings. The second-order valence-corrected chi connectivity index (χ2v) is 7.06. The van der Waals surface area contributed by atoms with E-state index in [0.29, 0.717) is 0 Å². The molecule has 106 valence electrons. The van der Waals surface area contributed by atoms with Crippen molar-refractivity contribution in [3.05, 3.63) is 34.8 Å². The Kier molecular flexibility index (Phi) is 2.76. The van der Waals surface area contributed by atoms with Gasteiger partial charge in [0.15, 0.2) is 0 Å². The summed E-state index contributed by atoms with van der Waals surface area (Å²) in [6.07, 6.45) is -0.302. The lowest BCUT2D eigenvalue weighted by atomic mass is 10.1. The molecule has 0 bridgehead atoms. The minimum absolute atomic E-state index is 0.234. The molecule has 0 aliphatic carbocycles. The Balaban J connectivity index is 1.94. The highest BCUT2D eigenvalue weighted by Crippen LogP contribution is 2.38. The molecule has 0 fully saturated rings. The average Bonchev–Trinajstić information content (AvgIpc) is 2.97. The Hall–Kier alpha value is -1.93. The second-order valence-electron chi connectivity index (χ2n) is 4.74. The van der Waals surface area contributed by atoms with Crippen LogP contribution >= 0.6 is 23.1 Å². The van der Waals surface area contributed by atoms with E-state index in [1.54, 1.807) is 6.07 Å². The van der Waals surface area contributed by atoms with Crippen LogP contribution in [-0.4, -0.2) is 25.4 Å². The molecule has 4 rings (SSSR count). The smallest absolute Gasteiger partial charge is 0.409 e. The van der Waals surface area contributed by atoms with Gasteiger partial charge in [0.2, 0.25) is 0 Å². The van der Waals surface area contributed by atoms with Crippen molar-refractivity contribution in [1.29, 1.82) is 0 Å². The van der Waals surface area contributed by atoms with Gasteiger partial charge in [-0.3, -0.25) is 0 Å². The topological polar surface area (TPSA) is 65.0 Å². The normalized spacial score (nSPS) is 19.9. The van der Waals surface area contributed by atoms with Gasteiger partial charge in [0.25, 0.3) is 6.17 Å². The average molecular weight is 318 g/mol. The van der Waals surface area contributed by atoms with Crippen LogP contribution in [0, 0.1) is 6.92 Å². The standard InChI is InChI=1S/C13H11N5OS2/c1-7-15-17-11(9-5-3-4-6-10(9)19)18-13(14-12(17)20-7)21-8(2)16-18/h3-6,11H,1-2H3/p+1. The molecule has 6 nitrogen and oxygen atoms in total. The van der Waals surface area contributed by atoms with E-state index in [1.165, 1.54) is 23.1 Å². The van der Waals surface area contributed by atoms with E-state index in [9.17, 15) is 5.11 Å². The summed E-state index contributed by atoms with van der Waals surface area (Å²) in [4.78, 5) is 4.61. The second kappa shape index (κ2) is 4.54. The summed E-state index contributed by atoms with van der Waals surface area (Å²) in [5.41, 5.74) is 0.764. The predicted molar refractivity (Wildman–Crippen MR) is 82.9 cm³/mol. The first-order chi connectivity index (χ1) is 10.1. The molecular formula is C13H12N5OS2+. The van der Waals surface area contributed by atoms with Crippen molar-refractivity contribution in [3.63, 3.8) is 0 Å². The number of thioether (sulfide) groups is 1. The summed E-state index contributed by atoms with van der Waals surface area (Å²) in [5, 5.41) is 24.6. The number of hydrogen-bond donors (Lipinski definition) is 1. The SMILES string of the molecule is CC1=NN2C(=Nc3sc(C)n[n+]3C2c2ccccc2O)S1. The first-order valence-electron chi connectivity index (χ1n) is 6.41. The first kappa shape index (κ1) is 12.8. The molecule has 0 saturated heterocycles. The molecule has 0 spiro atoms. The molecule has 2 aliphatic rings. The van der Waals surface area contributed by atoms with E-state index in [-0.39, 0.29) is 11.9 Å². The van der Waals surface area contributed by atoms with Crippen LogP contribution in [-0.2, 0) is 0 Å². The summed E-state index contributed by atoms with van der Waals surface area (Å²) in [5.74, 6) is 0.234. The molecule has 8 heteroatoms. The van der Waals surface area contributed by atoms with Gasteiger partial charge in [-0.1, -0.05) is 21.9 Å². The van der Waals surface area contributed by atoms with Gasteiger partial charge in [-0.25, -0.2) is 0 Å². The fraction of sp³-hybridized carbons (Fsp3) is 0.231. The maximum Gasteiger partial charge on any atom is 0.409 e. The van der Waals surface area contributed by atoms with Gasteiger partial charge in [0, 0.05) is 4.99 Å². The number of phenolic OH excluding ortho intramolecular Hbond substituents is 1. The van der Waals surface area contributed by atoms with Crippen LogP contribution in [0.1, 0.15) is 23.7 Å². The number of aromatic nitrogens is 2. The van der Waals surface area contributed by atoms with E-state index in [0.717, 1.165) is 25.9 Å². The summed E-state index contributed by atoms with van der Waals surface area (Å²) in [6.45, 7) is 3.90. The van der Waals surface area contributed by atoms with Crippen LogP contribution in [0.25, 0.3) is 0 Å². The van der Waals surface area contributed by atoms with Gasteiger partial charge in [-0.05, 0) is 49.1 Å². The Morgan fingerprint density at radius 2 is 2.10 bits per heavy atom. The maximum absolute atomic E-state index is 10.2. The highest BCUT2D eigenvalue weighted by molar-refractivity contribution is 8.26. The van der Waals surface area contributed by atoms with Crippen molar-refractivity contribution in [2.24, 2.45) is 10.1 Å². The summed E-state index contributed by atoms with van der Waals surface area (Å²) in [7, 11) is 0. The number of para-hydroxylation sites is 1. The van der Waals surface area contributed by atoms with E-state index in [2.05, 4.69) is 15.2 Å². The van der Waals surface area contributed by atoms with Crippen molar-refractivity contribution >= 4 is 38.4 Å². The van der Waals surface area contributed by atoms with E-state index in [4.69, 9.17) is 0 Å². The number of rotatable bonds is 1. The molecule has 1 N–H and O–H groups in total. The number of phenols is 1. The number of amidine groups is 1. The van der Waals surface area contributed by atoms with Crippen molar-refractivity contribution < 1.29 is 9.79 Å². The zero-order valence-electron chi connectivity index (χ0n) is 11.4. The van der Waals surface area contributed by atoms with Crippen LogP contribution in [0.4, 0.5) is 5.13 Å². The summed E-state index contributed by atoms with van der Waals surface area (Å²) in [6, 6.07) is 7.28. The van der Waals surface area contributed by atoms with Gasteiger partial charge in [-0.2, -0.15) is 10.1 Å². The molecule has 0 radical (unpaired) electrons. The lowest BCUT2D eigenvalue weighted by molar-refractivity contribution is -0.770. The molecule has 0 amide bonds. The molecule has 1 aromatic carbocycles. The van der Waals surface area contributed by atoms with E-state index in [1.807, 2.05) is 41.7 Å². The number of fused-ring (bicyclic) bond motifs is 2. The monoisotopic (exact) mass is 318 g/mol. The third kappa shape index (κ3) is 1.94. The Morgan fingerprint density at radius 3 is 2.90 bits per heavy atom. The van der Waals surface area contributed by atoms with Gasteiger partial charge in [-0.15, -0.1) is 0 Å². The lowest BCUT2D eigenvalue weighted by Crippen LogP contribution is -2.52. The van der Waals surface area contributed by atoms with Crippen LogP contribution < -0.4 is 4.68 Å². The van der Waals surface area contributed by atoms with Crippen LogP contribution in [0.3, 0.4) is 0 Å². The van der Waals surface area contributed by atoms with Crippen molar-refractivity contribution in [2.75, 3.05) is 0 Å². The number of aryl methyl sites for hydroxylation is 1.